The van der Waals surface area contributed by atoms with Crippen molar-refractivity contribution in [2.45, 2.75) is 18.8 Å². The number of nitrogens with two attached hydrogens (primary N) is 1. The van der Waals surface area contributed by atoms with Gasteiger partial charge in [-0.25, -0.2) is 0 Å². The first kappa shape index (κ1) is 17.8. The normalized spacial score (nSPS) is 21.6. The van der Waals surface area contributed by atoms with Gasteiger partial charge in [0.2, 0.25) is 0 Å². The molecule has 0 saturated carbocycles. The molecule has 20 heavy (non-hydrogen) atoms. The molecule has 0 radical (unpaired) electrons. The van der Waals surface area contributed by atoms with E-state index in [1.54, 1.807) is 14.2 Å². The second-order valence-corrected chi connectivity index (χ2v) is 6.00. The Balaban J connectivity index is 2.53. The SMILES string of the molecule is COC(OC)C(C)(CN)N1CCN(CCN(C)C)CC1. The topological polar surface area (TPSA) is 54.2 Å². The summed E-state index contributed by atoms with van der Waals surface area (Å²) in [6, 6.07) is 0. The quantitative estimate of drug-likeness (QED) is 0.608. The summed E-state index contributed by atoms with van der Waals surface area (Å²) in [5.74, 6) is 0. The van der Waals surface area contributed by atoms with Gasteiger partial charge >= 0.3 is 0 Å². The van der Waals surface area contributed by atoms with E-state index in [0.717, 1.165) is 39.3 Å². The Bertz CT molecular complexity index is 266. The van der Waals surface area contributed by atoms with Crippen molar-refractivity contribution in [1.29, 1.82) is 0 Å². The van der Waals surface area contributed by atoms with Gasteiger partial charge in [-0.15, -0.1) is 0 Å². The highest BCUT2D eigenvalue weighted by molar-refractivity contribution is 4.93. The molecule has 0 aromatic carbocycles. The second kappa shape index (κ2) is 8.26. The summed E-state index contributed by atoms with van der Waals surface area (Å²) in [6.45, 7) is 9.03. The predicted octanol–water partition coefficient (Wildman–Crippen LogP) is -0.498. The van der Waals surface area contributed by atoms with Gasteiger partial charge in [0, 0.05) is 60.0 Å². The molecule has 0 spiro atoms. The predicted molar refractivity (Wildman–Crippen MR) is 81.8 cm³/mol. The van der Waals surface area contributed by atoms with Crippen LogP contribution in [0.1, 0.15) is 6.92 Å². The van der Waals surface area contributed by atoms with Crippen LogP contribution in [0.25, 0.3) is 0 Å². The van der Waals surface area contributed by atoms with Crippen molar-refractivity contribution in [3.05, 3.63) is 0 Å². The summed E-state index contributed by atoms with van der Waals surface area (Å²) in [4.78, 5) is 7.13. The molecular weight excluding hydrogens is 256 g/mol. The van der Waals surface area contributed by atoms with Crippen molar-refractivity contribution in [2.75, 3.05) is 74.1 Å². The average Bonchev–Trinajstić information content (AvgIpc) is 2.46. The van der Waals surface area contributed by atoms with E-state index in [-0.39, 0.29) is 11.8 Å². The van der Waals surface area contributed by atoms with Crippen molar-refractivity contribution in [3.8, 4) is 0 Å². The summed E-state index contributed by atoms with van der Waals surface area (Å²) in [5.41, 5.74) is 5.73. The number of nitrogens with zero attached hydrogens (tertiary/aromatic N) is 3. The molecule has 0 aromatic heterocycles. The Morgan fingerprint density at radius 2 is 1.70 bits per heavy atom. The molecule has 1 aliphatic rings. The maximum atomic E-state index is 6.00. The summed E-state index contributed by atoms with van der Waals surface area (Å²) >= 11 is 0. The molecule has 1 unspecified atom stereocenters. The van der Waals surface area contributed by atoms with Gasteiger partial charge < -0.3 is 20.1 Å². The molecule has 0 bridgehead atoms. The largest absolute Gasteiger partial charge is 0.354 e. The molecule has 1 fully saturated rings. The van der Waals surface area contributed by atoms with E-state index in [1.165, 1.54) is 0 Å². The Labute approximate surface area is 123 Å². The molecule has 120 valence electrons. The Morgan fingerprint density at radius 1 is 1.15 bits per heavy atom. The first-order chi connectivity index (χ1) is 9.47. The van der Waals surface area contributed by atoms with Crippen LogP contribution < -0.4 is 5.73 Å². The lowest BCUT2D eigenvalue weighted by Crippen LogP contribution is -2.64. The zero-order valence-electron chi connectivity index (χ0n) is 13.8. The number of hydrogen-bond donors (Lipinski definition) is 1. The first-order valence-corrected chi connectivity index (χ1v) is 7.35. The van der Waals surface area contributed by atoms with Crippen LogP contribution in [0.15, 0.2) is 0 Å². The van der Waals surface area contributed by atoms with Crippen molar-refractivity contribution in [1.82, 2.24) is 14.7 Å². The number of piperazine rings is 1. The van der Waals surface area contributed by atoms with E-state index in [4.69, 9.17) is 15.2 Å². The Kier molecular flexibility index (Phi) is 7.36. The summed E-state index contributed by atoms with van der Waals surface area (Å²) in [7, 11) is 7.58. The third-order valence-electron chi connectivity index (χ3n) is 4.31. The number of methoxy groups -OCH3 is 2. The zero-order valence-corrected chi connectivity index (χ0v) is 13.8. The van der Waals surface area contributed by atoms with E-state index < -0.39 is 0 Å². The number of ether oxygens (including phenoxy) is 2. The van der Waals surface area contributed by atoms with Crippen LogP contribution in [0, 0.1) is 0 Å². The van der Waals surface area contributed by atoms with E-state index >= 15 is 0 Å². The molecule has 1 atom stereocenters. The van der Waals surface area contributed by atoms with Gasteiger partial charge in [0.25, 0.3) is 0 Å². The molecule has 0 amide bonds. The number of rotatable bonds is 8. The zero-order chi connectivity index (χ0) is 15.2. The van der Waals surface area contributed by atoms with Gasteiger partial charge in [0.05, 0.1) is 5.54 Å². The highest BCUT2D eigenvalue weighted by Crippen LogP contribution is 2.23. The monoisotopic (exact) mass is 288 g/mol. The molecule has 2 N–H and O–H groups in total. The summed E-state index contributed by atoms with van der Waals surface area (Å²) < 4.78 is 10.9. The van der Waals surface area contributed by atoms with Gasteiger partial charge in [-0.3, -0.25) is 9.80 Å². The van der Waals surface area contributed by atoms with Gasteiger partial charge in [-0.1, -0.05) is 0 Å². The molecule has 0 aromatic rings. The van der Waals surface area contributed by atoms with Gasteiger partial charge in [-0.2, -0.15) is 0 Å². The molecule has 1 rings (SSSR count). The van der Waals surface area contributed by atoms with Crippen LogP contribution >= 0.6 is 0 Å². The molecular formula is C14H32N4O2. The molecule has 6 heteroatoms. The van der Waals surface area contributed by atoms with E-state index in [2.05, 4.69) is 35.7 Å². The maximum absolute atomic E-state index is 6.00. The second-order valence-electron chi connectivity index (χ2n) is 6.00. The van der Waals surface area contributed by atoms with E-state index in [0.29, 0.717) is 6.54 Å². The minimum Gasteiger partial charge on any atom is -0.354 e. The summed E-state index contributed by atoms with van der Waals surface area (Å²) in [6.07, 6.45) is -0.291. The van der Waals surface area contributed by atoms with Crippen LogP contribution in [0.2, 0.25) is 0 Å². The first-order valence-electron chi connectivity index (χ1n) is 7.35. The van der Waals surface area contributed by atoms with Crippen molar-refractivity contribution < 1.29 is 9.47 Å². The van der Waals surface area contributed by atoms with Crippen LogP contribution in [0.4, 0.5) is 0 Å². The molecule has 1 aliphatic heterocycles. The molecule has 0 aliphatic carbocycles. The number of likely N-dealkylation sites (N-methyl/N-ethyl adjacent to an activating group) is 1. The summed E-state index contributed by atoms with van der Waals surface area (Å²) in [5, 5.41) is 0. The van der Waals surface area contributed by atoms with Gasteiger partial charge in [0.1, 0.15) is 0 Å². The van der Waals surface area contributed by atoms with Gasteiger partial charge in [-0.05, 0) is 21.0 Å². The fraction of sp³-hybridized carbons (Fsp3) is 1.00. The lowest BCUT2D eigenvalue weighted by atomic mass is 9.97. The van der Waals surface area contributed by atoms with Crippen molar-refractivity contribution in [3.63, 3.8) is 0 Å². The molecule has 1 heterocycles. The van der Waals surface area contributed by atoms with Crippen LogP contribution in [0.5, 0.6) is 0 Å². The lowest BCUT2D eigenvalue weighted by Gasteiger charge is -2.48. The van der Waals surface area contributed by atoms with Crippen LogP contribution in [-0.4, -0.2) is 101 Å². The van der Waals surface area contributed by atoms with E-state index in [9.17, 15) is 0 Å². The molecule has 6 nitrogen and oxygen atoms in total. The third-order valence-corrected chi connectivity index (χ3v) is 4.31. The van der Waals surface area contributed by atoms with Crippen molar-refractivity contribution in [2.24, 2.45) is 5.73 Å². The van der Waals surface area contributed by atoms with Gasteiger partial charge in [0.15, 0.2) is 6.29 Å². The van der Waals surface area contributed by atoms with Crippen LogP contribution in [0.3, 0.4) is 0 Å². The highest BCUT2D eigenvalue weighted by atomic mass is 16.7. The minimum absolute atomic E-state index is 0.267. The average molecular weight is 288 g/mol. The third kappa shape index (κ3) is 4.38. The smallest absolute Gasteiger partial charge is 0.176 e. The maximum Gasteiger partial charge on any atom is 0.176 e. The van der Waals surface area contributed by atoms with Crippen molar-refractivity contribution >= 4 is 0 Å². The Hall–Kier alpha value is -0.240. The standard InChI is InChI=1S/C14H32N4O2/c1-14(12-15,13(19-4)20-5)18-10-8-17(9-11-18)7-6-16(2)3/h13H,6-12,15H2,1-5H3. The van der Waals surface area contributed by atoms with E-state index in [1.807, 2.05) is 0 Å². The van der Waals surface area contributed by atoms with Crippen LogP contribution in [-0.2, 0) is 9.47 Å². The highest BCUT2D eigenvalue weighted by Gasteiger charge is 2.40. The lowest BCUT2D eigenvalue weighted by molar-refractivity contribution is -0.185. The number of hydrogen-bond acceptors (Lipinski definition) is 6. The Morgan fingerprint density at radius 3 is 2.10 bits per heavy atom. The fourth-order valence-corrected chi connectivity index (χ4v) is 2.80. The minimum atomic E-state index is -0.291. The molecule has 1 saturated heterocycles. The fourth-order valence-electron chi connectivity index (χ4n) is 2.80.